The van der Waals surface area contributed by atoms with Gasteiger partial charge in [0.25, 0.3) is 0 Å². The van der Waals surface area contributed by atoms with Crippen LogP contribution in [0.15, 0.2) is 45.8 Å². The molecule has 0 unspecified atom stereocenters. The molecule has 20 heavy (non-hydrogen) atoms. The van der Waals surface area contributed by atoms with Crippen LogP contribution in [0.1, 0.15) is 15.9 Å². The Balaban J connectivity index is 2.09. The highest BCUT2D eigenvalue weighted by molar-refractivity contribution is 9.10. The molecule has 0 aliphatic rings. The van der Waals surface area contributed by atoms with Gasteiger partial charge < -0.3 is 0 Å². The van der Waals surface area contributed by atoms with Crippen LogP contribution in [0, 0.1) is 12.7 Å². The molecule has 0 amide bonds. The highest BCUT2D eigenvalue weighted by atomic mass is 79.9. The lowest BCUT2D eigenvalue weighted by molar-refractivity contribution is 0.101. The van der Waals surface area contributed by atoms with E-state index in [1.807, 2.05) is 31.2 Å². The molecule has 0 aromatic heterocycles. The maximum Gasteiger partial charge on any atom is 0.176 e. The molecule has 1 nitrogen and oxygen atoms in total. The maximum absolute atomic E-state index is 13.9. The number of rotatable bonds is 4. The molecule has 0 spiro atoms. The first-order chi connectivity index (χ1) is 9.49. The lowest BCUT2D eigenvalue weighted by Gasteiger charge is -2.06. The molecule has 0 N–H and O–H groups in total. The van der Waals surface area contributed by atoms with Gasteiger partial charge in [-0.25, -0.2) is 4.39 Å². The van der Waals surface area contributed by atoms with E-state index in [0.717, 1.165) is 10.5 Å². The van der Waals surface area contributed by atoms with Crippen LogP contribution in [0.5, 0.6) is 0 Å². The highest BCUT2D eigenvalue weighted by Crippen LogP contribution is 2.29. The Labute approximate surface area is 134 Å². The second kappa shape index (κ2) is 6.74. The van der Waals surface area contributed by atoms with Gasteiger partial charge in [0.15, 0.2) is 11.6 Å². The van der Waals surface area contributed by atoms with Crippen LogP contribution in [-0.2, 0) is 0 Å². The molecule has 2 aromatic carbocycles. The predicted octanol–water partition coefficient (Wildman–Crippen LogP) is 5.53. The minimum atomic E-state index is -0.671. The van der Waals surface area contributed by atoms with Gasteiger partial charge in [0.2, 0.25) is 0 Å². The summed E-state index contributed by atoms with van der Waals surface area (Å²) < 4.78 is 14.3. The molecule has 5 heteroatoms. The van der Waals surface area contributed by atoms with E-state index in [9.17, 15) is 9.18 Å². The number of hydrogen-bond donors (Lipinski definition) is 0. The Morgan fingerprint density at radius 1 is 1.25 bits per heavy atom. The predicted molar refractivity (Wildman–Crippen MR) is 85.3 cm³/mol. The summed E-state index contributed by atoms with van der Waals surface area (Å²) in [4.78, 5) is 13.0. The zero-order valence-electron chi connectivity index (χ0n) is 10.6. The number of ketones is 1. The van der Waals surface area contributed by atoms with E-state index in [-0.39, 0.29) is 22.1 Å². The molecule has 0 heterocycles. The minimum absolute atomic E-state index is 0.0258. The SMILES string of the molecule is Cc1ccc(SCC(=O)c2ccc(Br)c(Cl)c2F)cc1. The molecule has 0 saturated heterocycles. The molecule has 2 rings (SSSR count). The van der Waals surface area contributed by atoms with Crippen LogP contribution in [0.3, 0.4) is 0 Å². The van der Waals surface area contributed by atoms with Gasteiger partial charge in [-0.1, -0.05) is 29.3 Å². The van der Waals surface area contributed by atoms with Gasteiger partial charge in [-0.05, 0) is 47.1 Å². The fraction of sp³-hybridized carbons (Fsp3) is 0.133. The van der Waals surface area contributed by atoms with Crippen molar-refractivity contribution in [3.8, 4) is 0 Å². The van der Waals surface area contributed by atoms with E-state index in [2.05, 4.69) is 15.9 Å². The first kappa shape index (κ1) is 15.5. The smallest absolute Gasteiger partial charge is 0.176 e. The Bertz CT molecular complexity index is 643. The molecule has 0 aliphatic carbocycles. The maximum atomic E-state index is 13.9. The van der Waals surface area contributed by atoms with E-state index < -0.39 is 5.82 Å². The zero-order valence-corrected chi connectivity index (χ0v) is 13.8. The fourth-order valence-electron chi connectivity index (χ4n) is 1.60. The second-order valence-electron chi connectivity index (χ2n) is 4.25. The van der Waals surface area contributed by atoms with Crippen LogP contribution >= 0.6 is 39.3 Å². The molecule has 0 bridgehead atoms. The van der Waals surface area contributed by atoms with Gasteiger partial charge in [-0.3, -0.25) is 4.79 Å². The van der Waals surface area contributed by atoms with Crippen molar-refractivity contribution in [3.05, 3.63) is 62.8 Å². The Kier molecular flexibility index (Phi) is 5.24. The van der Waals surface area contributed by atoms with Crippen LogP contribution < -0.4 is 0 Å². The standard InChI is InChI=1S/C15H11BrClFOS/c1-9-2-4-10(5-3-9)20-8-13(19)11-6-7-12(16)14(17)15(11)18/h2-7H,8H2,1H3. The Morgan fingerprint density at radius 3 is 2.55 bits per heavy atom. The third kappa shape index (κ3) is 3.62. The van der Waals surface area contributed by atoms with Gasteiger partial charge in [0, 0.05) is 9.37 Å². The van der Waals surface area contributed by atoms with Crippen molar-refractivity contribution in [2.45, 2.75) is 11.8 Å². The van der Waals surface area contributed by atoms with Crippen molar-refractivity contribution >= 4 is 45.1 Å². The van der Waals surface area contributed by atoms with E-state index >= 15 is 0 Å². The first-order valence-corrected chi connectivity index (χ1v) is 8.01. The summed E-state index contributed by atoms with van der Waals surface area (Å²) in [7, 11) is 0. The van der Waals surface area contributed by atoms with E-state index in [0.29, 0.717) is 4.47 Å². The number of carbonyl (C=O) groups is 1. The number of hydrogen-bond acceptors (Lipinski definition) is 2. The lowest BCUT2D eigenvalue weighted by atomic mass is 10.1. The number of aryl methyl sites for hydroxylation is 1. The molecule has 0 aliphatic heterocycles. The number of Topliss-reactive ketones (excluding diaryl/α,β-unsaturated/α-hetero) is 1. The van der Waals surface area contributed by atoms with E-state index in [1.165, 1.54) is 17.8 Å². The number of halogens is 3. The highest BCUT2D eigenvalue weighted by Gasteiger charge is 2.16. The minimum Gasteiger partial charge on any atom is -0.293 e. The summed E-state index contributed by atoms with van der Waals surface area (Å²) in [6.45, 7) is 2.00. The summed E-state index contributed by atoms with van der Waals surface area (Å²) >= 11 is 10.3. The zero-order chi connectivity index (χ0) is 14.7. The molecule has 104 valence electrons. The second-order valence-corrected chi connectivity index (χ2v) is 6.53. The van der Waals surface area contributed by atoms with Crippen molar-refractivity contribution in [1.82, 2.24) is 0 Å². The molecule has 0 fully saturated rings. The van der Waals surface area contributed by atoms with Gasteiger partial charge in [-0.15, -0.1) is 11.8 Å². The molecule has 0 saturated carbocycles. The van der Waals surface area contributed by atoms with E-state index in [4.69, 9.17) is 11.6 Å². The van der Waals surface area contributed by atoms with Crippen LogP contribution in [0.2, 0.25) is 5.02 Å². The topological polar surface area (TPSA) is 17.1 Å². The summed E-state index contributed by atoms with van der Waals surface area (Å²) in [5.41, 5.74) is 1.18. The van der Waals surface area contributed by atoms with Crippen molar-refractivity contribution in [2.24, 2.45) is 0 Å². The Hall–Kier alpha value is -0.840. The van der Waals surface area contributed by atoms with Crippen molar-refractivity contribution < 1.29 is 9.18 Å². The molecular weight excluding hydrogens is 363 g/mol. The van der Waals surface area contributed by atoms with Crippen molar-refractivity contribution in [2.75, 3.05) is 5.75 Å². The molecular formula is C15H11BrClFOS. The largest absolute Gasteiger partial charge is 0.293 e. The number of carbonyl (C=O) groups excluding carboxylic acids is 1. The fourth-order valence-corrected chi connectivity index (χ4v) is 2.86. The van der Waals surface area contributed by atoms with Crippen LogP contribution in [0.4, 0.5) is 4.39 Å². The van der Waals surface area contributed by atoms with Gasteiger partial charge in [-0.2, -0.15) is 0 Å². The van der Waals surface area contributed by atoms with Gasteiger partial charge in [0.05, 0.1) is 16.3 Å². The average Bonchev–Trinajstić information content (AvgIpc) is 2.44. The monoisotopic (exact) mass is 372 g/mol. The summed E-state index contributed by atoms with van der Waals surface area (Å²) in [6.07, 6.45) is 0. The Morgan fingerprint density at radius 2 is 1.90 bits per heavy atom. The van der Waals surface area contributed by atoms with Crippen LogP contribution in [-0.4, -0.2) is 11.5 Å². The lowest BCUT2D eigenvalue weighted by Crippen LogP contribution is -2.06. The number of benzene rings is 2. The van der Waals surface area contributed by atoms with Crippen molar-refractivity contribution in [3.63, 3.8) is 0 Å². The van der Waals surface area contributed by atoms with Gasteiger partial charge >= 0.3 is 0 Å². The summed E-state index contributed by atoms with van der Waals surface area (Å²) in [5.74, 6) is -0.768. The number of thioether (sulfide) groups is 1. The molecule has 2 aromatic rings. The normalized spacial score (nSPS) is 10.6. The summed E-state index contributed by atoms with van der Waals surface area (Å²) in [5, 5.41) is -0.0591. The van der Waals surface area contributed by atoms with Crippen LogP contribution in [0.25, 0.3) is 0 Å². The first-order valence-electron chi connectivity index (χ1n) is 5.85. The average molecular weight is 374 g/mol. The van der Waals surface area contributed by atoms with Crippen molar-refractivity contribution in [1.29, 1.82) is 0 Å². The van der Waals surface area contributed by atoms with Gasteiger partial charge in [0.1, 0.15) is 0 Å². The molecule has 0 atom stereocenters. The summed E-state index contributed by atoms with van der Waals surface area (Å²) in [6, 6.07) is 10.9. The quantitative estimate of drug-likeness (QED) is 0.398. The van der Waals surface area contributed by atoms with E-state index in [1.54, 1.807) is 6.07 Å². The third-order valence-corrected chi connectivity index (χ3v) is 5.00. The molecule has 0 radical (unpaired) electrons. The third-order valence-electron chi connectivity index (χ3n) is 2.73.